The van der Waals surface area contributed by atoms with Gasteiger partial charge >= 0.3 is 0 Å². The van der Waals surface area contributed by atoms with Crippen LogP contribution < -0.4 is 0 Å². The van der Waals surface area contributed by atoms with Crippen LogP contribution in [-0.2, 0) is 0 Å². The summed E-state index contributed by atoms with van der Waals surface area (Å²) in [5, 5.41) is 45.9. The fraction of sp³-hybridized carbons (Fsp3) is 0. The van der Waals surface area contributed by atoms with E-state index in [1.54, 1.807) is 14.4 Å². The molecule has 0 spiro atoms. The number of aromatic nitrogens is 13. The third-order valence-corrected chi connectivity index (χ3v) is 24.4. The average molecular weight is 1590 g/mol. The third-order valence-electron chi connectivity index (χ3n) is 24.4. The van der Waals surface area contributed by atoms with E-state index in [0.717, 1.165) is 133 Å². The van der Waals surface area contributed by atoms with E-state index >= 15 is 0 Å². The molecule has 0 aliphatic carbocycles. The van der Waals surface area contributed by atoms with E-state index in [-0.39, 0.29) is 0 Å². The van der Waals surface area contributed by atoms with Crippen molar-refractivity contribution in [2.45, 2.75) is 0 Å². The summed E-state index contributed by atoms with van der Waals surface area (Å²) >= 11 is 0. The maximum atomic E-state index is 6.59. The molecule has 580 valence electrons. The first-order chi connectivity index (χ1) is 61.5. The molecule has 0 fully saturated rings. The summed E-state index contributed by atoms with van der Waals surface area (Å²) in [4.78, 5) is 5.15. The van der Waals surface area contributed by atoms with Gasteiger partial charge in [0.1, 0.15) is 44.3 Å². The Hall–Kier alpha value is -17.1. The highest BCUT2D eigenvalue weighted by atomic mass is 16.3. The van der Waals surface area contributed by atoms with Crippen LogP contribution in [0.2, 0.25) is 0 Å². The van der Waals surface area contributed by atoms with Crippen molar-refractivity contribution in [3.05, 3.63) is 419 Å². The Kier molecular flexibility index (Phi) is 16.0. The maximum absolute atomic E-state index is 6.59. The summed E-state index contributed by atoms with van der Waals surface area (Å²) in [5.41, 5.74) is 28.1. The first-order valence-electron chi connectivity index (χ1n) is 41.7. The Labute approximate surface area is 707 Å². The van der Waals surface area contributed by atoms with Crippen LogP contribution in [0.3, 0.4) is 0 Å². The van der Waals surface area contributed by atoms with Gasteiger partial charge in [-0.1, -0.05) is 255 Å². The lowest BCUT2D eigenvalue weighted by molar-refractivity contribution is 0.670. The van der Waals surface area contributed by atoms with Gasteiger partial charge in [0, 0.05) is 87.6 Å². The Morgan fingerprint density at radius 3 is 1.05 bits per heavy atom. The Bertz CT molecular complexity index is 8940. The highest BCUT2D eigenvalue weighted by molar-refractivity contribution is 6.31. The van der Waals surface area contributed by atoms with Gasteiger partial charge in [0.2, 0.25) is 0 Å². The number of fused-ring (bicyclic) bond motifs is 23. The Morgan fingerprint density at radius 1 is 0.194 bits per heavy atom. The van der Waals surface area contributed by atoms with Gasteiger partial charge in [-0.3, -0.25) is 0 Å². The molecule has 0 bridgehead atoms. The van der Waals surface area contributed by atoms with Crippen molar-refractivity contribution in [2.24, 2.45) is 0 Å². The minimum atomic E-state index is 0.842. The summed E-state index contributed by atoms with van der Waals surface area (Å²) in [7, 11) is 0. The second-order valence-electron chi connectivity index (χ2n) is 31.5. The van der Waals surface area contributed by atoms with Crippen molar-refractivity contribution in [1.82, 2.24) is 63.3 Å². The van der Waals surface area contributed by atoms with Crippen LogP contribution in [0.5, 0.6) is 0 Å². The van der Waals surface area contributed by atoms with Crippen LogP contribution >= 0.6 is 0 Å². The maximum Gasteiger partial charge on any atom is 0.143 e. The smallest absolute Gasteiger partial charge is 0.143 e. The van der Waals surface area contributed by atoms with Gasteiger partial charge in [-0.25, -0.2) is 0 Å². The van der Waals surface area contributed by atoms with Gasteiger partial charge in [0.15, 0.2) is 0 Å². The van der Waals surface area contributed by atoms with E-state index in [9.17, 15) is 0 Å². The minimum absolute atomic E-state index is 0.842. The quantitative estimate of drug-likeness (QED) is 0.141. The van der Waals surface area contributed by atoms with Crippen molar-refractivity contribution in [2.75, 3.05) is 0 Å². The van der Waals surface area contributed by atoms with Crippen molar-refractivity contribution in [3.8, 4) is 62.1 Å². The molecule has 14 nitrogen and oxygen atoms in total. The van der Waals surface area contributed by atoms with E-state index in [1.165, 1.54) is 92.5 Å². The zero-order valence-electron chi connectivity index (χ0n) is 66.6. The fourth-order valence-corrected chi connectivity index (χ4v) is 19.0. The molecule has 0 amide bonds. The van der Waals surface area contributed by atoms with Crippen molar-refractivity contribution < 1.29 is 4.42 Å². The first kappa shape index (κ1) is 70.0. The molecule has 14 heteroatoms. The molecule has 0 atom stereocenters. The topological polar surface area (TPSA) is 125 Å². The van der Waals surface area contributed by atoms with Gasteiger partial charge in [-0.05, 0) is 197 Å². The third kappa shape index (κ3) is 11.2. The number of hydrogen-bond donors (Lipinski definition) is 0. The van der Waals surface area contributed by atoms with E-state index in [1.807, 2.05) is 109 Å². The lowest BCUT2D eigenvalue weighted by Crippen LogP contribution is -1.97. The van der Waals surface area contributed by atoms with Crippen LogP contribution in [0.15, 0.2) is 423 Å². The number of furan rings is 1. The first-order valence-corrected chi connectivity index (χ1v) is 41.7. The van der Waals surface area contributed by atoms with Gasteiger partial charge in [-0.2, -0.15) is 14.4 Å². The highest BCUT2D eigenvalue weighted by Gasteiger charge is 2.27. The molecule has 19 aromatic carbocycles. The molecule has 8 heterocycles. The number of rotatable bonds is 9. The molecule has 124 heavy (non-hydrogen) atoms. The van der Waals surface area contributed by atoms with Gasteiger partial charge in [0.05, 0.1) is 61.2 Å². The summed E-state index contributed by atoms with van der Waals surface area (Å²) < 4.78 is 16.1. The molecule has 0 unspecified atom stereocenters. The predicted octanol–water partition coefficient (Wildman–Crippen LogP) is 27.2. The second-order valence-corrected chi connectivity index (χ2v) is 31.5. The van der Waals surface area contributed by atoms with E-state index in [0.29, 0.717) is 0 Å². The summed E-state index contributed by atoms with van der Waals surface area (Å²) in [6.45, 7) is 0. The molecule has 0 N–H and O–H groups in total. The molecular formula is C110H69N13O. The highest BCUT2D eigenvalue weighted by Crippen LogP contribution is 2.49. The Morgan fingerprint density at radius 2 is 0.556 bits per heavy atom. The zero-order valence-corrected chi connectivity index (χ0v) is 66.6. The van der Waals surface area contributed by atoms with Crippen molar-refractivity contribution in [3.63, 3.8) is 0 Å². The van der Waals surface area contributed by atoms with Gasteiger partial charge in [-0.15, -0.1) is 30.6 Å². The standard InChI is InChI=1S/C40H25N5.C36H23N5.C34H21N3O/c1-2-12-28(13-3-1)45-41-33-21-20-30(25-34(33)42-45)44-36-17-9-7-15-32(36)40-38(44)23-22-37-39(40)31-14-6-8-16-35(31)43(37)29-19-18-26-10-4-5-11-27(26)24-29;1-3-11-24(12-4-1)39-31-17-9-7-15-27(31)35-33(39)21-22-34-36(35)28-16-8-10-18-32(28)40(34)26-19-20-29-30(23-26)38-41(37-29)25-13-5-2-6-14-25;1-3-11-22(12-4-1)24-19-20-28-26-16-9-10-18-31(26)38-34(28)32(24)29-21-30-33(27-17-8-7-15-25(27)29)36-37(35-30)23-13-5-2-6-14-23/h1-25H;1-23H;1-21H. The summed E-state index contributed by atoms with van der Waals surface area (Å²) in [5.74, 6) is 0. The van der Waals surface area contributed by atoms with Crippen molar-refractivity contribution in [1.29, 1.82) is 0 Å². The molecule has 0 aliphatic heterocycles. The van der Waals surface area contributed by atoms with E-state index in [2.05, 4.69) is 328 Å². The SMILES string of the molecule is c1ccc(-c2ccc3c(oc4ccccc43)c2-c2cc3nn(-c4ccccc4)nc3c3ccccc23)cc1.c1ccc(-n2nc3ccc(-n4c5ccccc5c5c6c7ccccc7n(-c7ccc8ccccc8c7)c6ccc54)cc3n2)cc1.c1ccc(-n2nc3ccc(-n4c5ccccc5c5c6c7ccccc7n(-c7ccccc7)c6ccc54)cc3n2)cc1. The van der Waals surface area contributed by atoms with Crippen LogP contribution in [-0.4, -0.2) is 63.3 Å². The fourth-order valence-electron chi connectivity index (χ4n) is 19.0. The van der Waals surface area contributed by atoms with Crippen LogP contribution in [0, 0.1) is 0 Å². The minimum Gasteiger partial charge on any atom is -0.455 e. The number of benzene rings is 19. The zero-order chi connectivity index (χ0) is 81.5. The molecule has 27 aromatic rings. The van der Waals surface area contributed by atoms with E-state index in [4.69, 9.17) is 35.0 Å². The monoisotopic (exact) mass is 1590 g/mol. The summed E-state index contributed by atoms with van der Waals surface area (Å²) in [6.07, 6.45) is 0. The molecule has 0 saturated carbocycles. The van der Waals surface area contributed by atoms with Crippen LogP contribution in [0.25, 0.3) is 226 Å². The molecule has 0 saturated heterocycles. The molecule has 27 rings (SSSR count). The van der Waals surface area contributed by atoms with Crippen molar-refractivity contribution >= 4 is 164 Å². The lowest BCUT2D eigenvalue weighted by atomic mass is 9.89. The van der Waals surface area contributed by atoms with Crippen LogP contribution in [0.4, 0.5) is 0 Å². The summed E-state index contributed by atoms with van der Waals surface area (Å²) in [6, 6.07) is 147. The lowest BCUT2D eigenvalue weighted by Gasteiger charge is -2.14. The number of nitrogens with zero attached hydrogens (tertiary/aromatic N) is 13. The van der Waals surface area contributed by atoms with Gasteiger partial charge < -0.3 is 22.7 Å². The van der Waals surface area contributed by atoms with E-state index < -0.39 is 0 Å². The largest absolute Gasteiger partial charge is 0.455 e. The second kappa shape index (κ2) is 28.3. The molecule has 8 aromatic heterocycles. The molecular weight excluding hydrogens is 1520 g/mol. The number of para-hydroxylation sites is 9. The van der Waals surface area contributed by atoms with Crippen LogP contribution in [0.1, 0.15) is 0 Å². The van der Waals surface area contributed by atoms with Gasteiger partial charge in [0.25, 0.3) is 0 Å². The normalized spacial score (nSPS) is 11.9. The molecule has 0 radical (unpaired) electrons. The average Bonchev–Trinajstić information content (AvgIpc) is 1.55. The Balaban J connectivity index is 0.000000102. The predicted molar refractivity (Wildman–Crippen MR) is 507 cm³/mol. The number of hydrogen-bond acceptors (Lipinski definition) is 7. The molecule has 0 aliphatic rings.